The lowest BCUT2D eigenvalue weighted by molar-refractivity contribution is -0.178. The average Bonchev–Trinajstić information content (AvgIpc) is 3.03. The van der Waals surface area contributed by atoms with E-state index in [1.807, 2.05) is 30.3 Å². The lowest BCUT2D eigenvalue weighted by atomic mass is 9.44. The molecule has 1 N–H and O–H groups in total. The van der Waals surface area contributed by atoms with Gasteiger partial charge in [0.25, 0.3) is 0 Å². The molecule has 2 bridgehead atoms. The molecular formula is C25H28F2N2O3S. The number of halogens is 2. The minimum Gasteiger partial charge on any atom is -0.334 e. The fraction of sp³-hybridized carbons (Fsp3) is 0.480. The maximum atomic E-state index is 15.6. The summed E-state index contributed by atoms with van der Waals surface area (Å²) < 4.78 is 57.8. The van der Waals surface area contributed by atoms with Gasteiger partial charge >= 0.3 is 0 Å². The van der Waals surface area contributed by atoms with Gasteiger partial charge in [0.2, 0.25) is 15.9 Å². The Hall–Kier alpha value is -2.32. The molecule has 4 fully saturated rings. The Kier molecular flexibility index (Phi) is 5.56. The van der Waals surface area contributed by atoms with Crippen molar-refractivity contribution in [2.75, 3.05) is 12.3 Å². The molecule has 1 aliphatic heterocycles. The SMILES string of the molecule is CCS(=O)(=O)N[C@H]1[C@@H](F)CN(C(=O)C23CC(C2)C3)[C@H]1Cc1cccc(-c2ccccc2)c1F. The molecule has 6 rings (SSSR count). The molecule has 3 saturated carbocycles. The molecule has 3 atom stereocenters. The number of likely N-dealkylation sites (tertiary alicyclic amines) is 1. The van der Waals surface area contributed by atoms with Gasteiger partial charge in [-0.3, -0.25) is 4.79 Å². The summed E-state index contributed by atoms with van der Waals surface area (Å²) in [5, 5.41) is 0. The lowest BCUT2D eigenvalue weighted by Gasteiger charge is -2.61. The Bertz CT molecular complexity index is 1150. The molecule has 0 radical (unpaired) electrons. The highest BCUT2D eigenvalue weighted by atomic mass is 32.2. The van der Waals surface area contributed by atoms with Crippen molar-refractivity contribution < 1.29 is 22.0 Å². The third-order valence-electron chi connectivity index (χ3n) is 7.62. The van der Waals surface area contributed by atoms with Gasteiger partial charge in [-0.25, -0.2) is 21.9 Å². The van der Waals surface area contributed by atoms with Crippen molar-refractivity contribution in [2.45, 2.75) is 50.9 Å². The third-order valence-corrected chi connectivity index (χ3v) is 9.01. The predicted molar refractivity (Wildman–Crippen MR) is 122 cm³/mol. The number of nitrogens with one attached hydrogen (secondary N) is 1. The highest BCUT2D eigenvalue weighted by molar-refractivity contribution is 7.89. The molecule has 1 heterocycles. The number of carbonyl (C=O) groups excluding carboxylic acids is 1. The largest absolute Gasteiger partial charge is 0.334 e. The Balaban J connectivity index is 1.48. The summed E-state index contributed by atoms with van der Waals surface area (Å²) >= 11 is 0. The smallest absolute Gasteiger partial charge is 0.229 e. The van der Waals surface area contributed by atoms with Crippen LogP contribution in [0.5, 0.6) is 0 Å². The first-order valence-electron chi connectivity index (χ1n) is 11.5. The number of benzene rings is 2. The summed E-state index contributed by atoms with van der Waals surface area (Å²) in [7, 11) is -3.71. The van der Waals surface area contributed by atoms with Crippen molar-refractivity contribution in [2.24, 2.45) is 11.3 Å². The van der Waals surface area contributed by atoms with E-state index in [0.717, 1.165) is 24.8 Å². The topological polar surface area (TPSA) is 66.5 Å². The average molecular weight is 475 g/mol. The van der Waals surface area contributed by atoms with Crippen molar-refractivity contribution >= 4 is 15.9 Å². The van der Waals surface area contributed by atoms with Gasteiger partial charge < -0.3 is 4.90 Å². The van der Waals surface area contributed by atoms with Crippen LogP contribution in [0.2, 0.25) is 0 Å². The zero-order valence-electron chi connectivity index (χ0n) is 18.5. The highest BCUT2D eigenvalue weighted by Crippen LogP contribution is 2.65. The van der Waals surface area contributed by atoms with E-state index in [1.165, 1.54) is 11.8 Å². The van der Waals surface area contributed by atoms with Gasteiger partial charge in [-0.2, -0.15) is 0 Å². The number of carbonyl (C=O) groups is 1. The van der Waals surface area contributed by atoms with Crippen LogP contribution in [-0.2, 0) is 21.2 Å². The van der Waals surface area contributed by atoms with E-state index >= 15 is 8.78 Å². The van der Waals surface area contributed by atoms with Gasteiger partial charge in [0.15, 0.2) is 0 Å². The molecule has 4 aliphatic rings. The van der Waals surface area contributed by atoms with E-state index in [4.69, 9.17) is 0 Å². The van der Waals surface area contributed by atoms with Crippen LogP contribution >= 0.6 is 0 Å². The van der Waals surface area contributed by atoms with Crippen LogP contribution in [0.25, 0.3) is 11.1 Å². The number of hydrogen-bond acceptors (Lipinski definition) is 3. The Morgan fingerprint density at radius 2 is 1.82 bits per heavy atom. The van der Waals surface area contributed by atoms with Gasteiger partial charge in [0, 0.05) is 5.56 Å². The Morgan fingerprint density at radius 3 is 2.42 bits per heavy atom. The molecule has 2 aromatic carbocycles. The second-order valence-electron chi connectivity index (χ2n) is 9.70. The van der Waals surface area contributed by atoms with Gasteiger partial charge in [0.1, 0.15) is 12.0 Å². The van der Waals surface area contributed by atoms with E-state index in [0.29, 0.717) is 17.0 Å². The third kappa shape index (κ3) is 3.87. The number of amides is 1. The molecule has 1 amide bonds. The van der Waals surface area contributed by atoms with Crippen LogP contribution in [0.15, 0.2) is 48.5 Å². The normalized spacial score (nSPS) is 30.6. The fourth-order valence-corrected chi connectivity index (χ4v) is 6.52. The second-order valence-corrected chi connectivity index (χ2v) is 11.7. The first-order valence-corrected chi connectivity index (χ1v) is 13.2. The van der Waals surface area contributed by atoms with Crippen LogP contribution in [-0.4, -0.2) is 49.8 Å². The molecule has 3 aliphatic carbocycles. The monoisotopic (exact) mass is 474 g/mol. The summed E-state index contributed by atoms with van der Waals surface area (Å²) in [6.45, 7) is 1.31. The van der Waals surface area contributed by atoms with Crippen molar-refractivity contribution in [3.8, 4) is 11.1 Å². The van der Waals surface area contributed by atoms with Crippen LogP contribution in [0.3, 0.4) is 0 Å². The van der Waals surface area contributed by atoms with Crippen molar-refractivity contribution in [3.63, 3.8) is 0 Å². The molecule has 0 aromatic heterocycles. The molecule has 0 spiro atoms. The van der Waals surface area contributed by atoms with E-state index in [1.54, 1.807) is 18.2 Å². The van der Waals surface area contributed by atoms with Crippen molar-refractivity contribution in [1.29, 1.82) is 0 Å². The summed E-state index contributed by atoms with van der Waals surface area (Å²) in [6.07, 6.45) is 0.933. The van der Waals surface area contributed by atoms with Crippen LogP contribution < -0.4 is 4.72 Å². The summed E-state index contributed by atoms with van der Waals surface area (Å²) in [5.74, 6) is -0.164. The van der Waals surface area contributed by atoms with Gasteiger partial charge in [0.05, 0.1) is 29.8 Å². The molecule has 33 heavy (non-hydrogen) atoms. The van der Waals surface area contributed by atoms with E-state index in [-0.39, 0.29) is 24.6 Å². The molecule has 0 unspecified atom stereocenters. The number of nitrogens with zero attached hydrogens (tertiary/aromatic N) is 1. The Labute approximate surface area is 193 Å². The van der Waals surface area contributed by atoms with Gasteiger partial charge in [-0.15, -0.1) is 0 Å². The van der Waals surface area contributed by atoms with Crippen LogP contribution in [0.1, 0.15) is 31.7 Å². The standard InChI is InChI=1S/C25H28F2N2O3S/c1-2-33(31,32)28-23-20(26)15-29(24(30)25-12-16(13-25)14-25)21(23)11-18-9-6-10-19(22(18)27)17-7-4-3-5-8-17/h3-10,16,20-21,23,28H,2,11-15H2,1H3/t16?,20-,21-,23-,25?/m0/s1. The Morgan fingerprint density at radius 1 is 1.12 bits per heavy atom. The molecule has 176 valence electrons. The molecular weight excluding hydrogens is 446 g/mol. The van der Waals surface area contributed by atoms with E-state index in [9.17, 15) is 13.2 Å². The van der Waals surface area contributed by atoms with Crippen LogP contribution in [0, 0.1) is 17.2 Å². The summed E-state index contributed by atoms with van der Waals surface area (Å²) in [6, 6.07) is 12.3. The van der Waals surface area contributed by atoms with E-state index in [2.05, 4.69) is 4.72 Å². The predicted octanol–water partition coefficient (Wildman–Crippen LogP) is 3.69. The van der Waals surface area contributed by atoms with Crippen molar-refractivity contribution in [3.05, 3.63) is 59.9 Å². The summed E-state index contributed by atoms with van der Waals surface area (Å²) in [5.41, 5.74) is 1.06. The van der Waals surface area contributed by atoms with E-state index < -0.39 is 39.5 Å². The van der Waals surface area contributed by atoms with Crippen molar-refractivity contribution in [1.82, 2.24) is 9.62 Å². The number of alkyl halides is 1. The minimum absolute atomic E-state index is 0.0368. The number of sulfonamides is 1. The first-order chi connectivity index (χ1) is 15.7. The first kappa shape index (κ1) is 22.5. The molecule has 5 nitrogen and oxygen atoms in total. The molecule has 1 saturated heterocycles. The zero-order chi connectivity index (χ0) is 23.4. The lowest BCUT2D eigenvalue weighted by Crippen LogP contribution is -2.62. The van der Waals surface area contributed by atoms with Crippen LogP contribution in [0.4, 0.5) is 8.78 Å². The second kappa shape index (κ2) is 8.17. The maximum Gasteiger partial charge on any atom is 0.229 e. The quantitative estimate of drug-likeness (QED) is 0.666. The number of rotatable bonds is 7. The highest BCUT2D eigenvalue weighted by Gasteiger charge is 2.64. The van der Waals surface area contributed by atoms with Gasteiger partial charge in [-0.05, 0) is 49.7 Å². The fourth-order valence-electron chi connectivity index (χ4n) is 5.63. The zero-order valence-corrected chi connectivity index (χ0v) is 19.3. The maximum absolute atomic E-state index is 15.6. The number of hydrogen-bond donors (Lipinski definition) is 1. The minimum atomic E-state index is -3.71. The molecule has 8 heteroatoms. The van der Waals surface area contributed by atoms with Gasteiger partial charge in [-0.1, -0.05) is 48.5 Å². The summed E-state index contributed by atoms with van der Waals surface area (Å²) in [4.78, 5) is 14.9. The molecule has 2 aromatic rings.